The van der Waals surface area contributed by atoms with Crippen LogP contribution in [0.3, 0.4) is 0 Å². The van der Waals surface area contributed by atoms with Crippen molar-refractivity contribution < 1.29 is 0 Å². The Morgan fingerprint density at radius 2 is 2.23 bits per heavy atom. The first-order chi connectivity index (χ1) is 6.45. The summed E-state index contributed by atoms with van der Waals surface area (Å²) in [5, 5.41) is 0. The number of hydrogen-bond donors (Lipinski definition) is 0. The maximum absolute atomic E-state index is 4.60. The lowest BCUT2D eigenvalue weighted by atomic mass is 10.3. The number of benzene rings is 1. The minimum absolute atomic E-state index is 1.06. The van der Waals surface area contributed by atoms with Gasteiger partial charge in [0.15, 0.2) is 0 Å². The predicted molar refractivity (Wildman–Crippen MR) is 55.9 cm³/mol. The fourth-order valence-electron chi connectivity index (χ4n) is 1.80. The Bertz CT molecular complexity index is 447. The summed E-state index contributed by atoms with van der Waals surface area (Å²) < 4.78 is 2.34. The second kappa shape index (κ2) is 2.77. The molecule has 0 bridgehead atoms. The van der Waals surface area contributed by atoms with E-state index in [1.165, 1.54) is 17.1 Å². The third-order valence-electron chi connectivity index (χ3n) is 2.42. The number of rotatable bonds is 0. The normalized spacial score (nSPS) is 16.0. The van der Waals surface area contributed by atoms with Gasteiger partial charge in [-0.2, -0.15) is 11.8 Å². The predicted octanol–water partition coefficient (Wildman–Crippen LogP) is 2.28. The van der Waals surface area contributed by atoms with Gasteiger partial charge in [-0.3, -0.25) is 0 Å². The second-order valence-electron chi connectivity index (χ2n) is 3.22. The molecule has 1 aliphatic rings. The van der Waals surface area contributed by atoms with Gasteiger partial charge in [-0.25, -0.2) is 4.98 Å². The zero-order valence-electron chi connectivity index (χ0n) is 7.23. The summed E-state index contributed by atoms with van der Waals surface area (Å²) in [6.07, 6.45) is 0. The first-order valence-electron chi connectivity index (χ1n) is 4.47. The molecule has 1 aliphatic heterocycles. The van der Waals surface area contributed by atoms with Crippen molar-refractivity contribution in [3.63, 3.8) is 0 Å². The molecule has 1 aromatic heterocycles. The van der Waals surface area contributed by atoms with Crippen LogP contribution in [-0.4, -0.2) is 15.3 Å². The molecule has 1 aromatic carbocycles. The highest BCUT2D eigenvalue weighted by molar-refractivity contribution is 7.98. The lowest BCUT2D eigenvalue weighted by Gasteiger charge is -2.13. The van der Waals surface area contributed by atoms with Crippen LogP contribution in [0.5, 0.6) is 0 Å². The highest BCUT2D eigenvalue weighted by atomic mass is 32.2. The molecule has 2 aromatic rings. The minimum atomic E-state index is 1.06. The highest BCUT2D eigenvalue weighted by Gasteiger charge is 2.13. The van der Waals surface area contributed by atoms with Crippen molar-refractivity contribution in [3.8, 4) is 0 Å². The molecule has 3 rings (SSSR count). The van der Waals surface area contributed by atoms with Crippen molar-refractivity contribution in [2.24, 2.45) is 0 Å². The molecule has 0 saturated carbocycles. The number of para-hydroxylation sites is 2. The van der Waals surface area contributed by atoms with Crippen LogP contribution < -0.4 is 0 Å². The quantitative estimate of drug-likeness (QED) is 0.634. The van der Waals surface area contributed by atoms with Gasteiger partial charge in [-0.1, -0.05) is 12.1 Å². The van der Waals surface area contributed by atoms with Crippen molar-refractivity contribution in [2.75, 3.05) is 5.75 Å². The average Bonchev–Trinajstić information content (AvgIpc) is 2.56. The molecule has 13 heavy (non-hydrogen) atoms. The van der Waals surface area contributed by atoms with Crippen molar-refractivity contribution in [3.05, 3.63) is 30.1 Å². The summed E-state index contributed by atoms with van der Waals surface area (Å²) in [6, 6.07) is 8.38. The van der Waals surface area contributed by atoms with Crippen molar-refractivity contribution in [1.82, 2.24) is 9.55 Å². The molecule has 0 radical (unpaired) electrons. The number of thioether (sulfide) groups is 1. The Hall–Kier alpha value is -0.960. The molecule has 0 spiro atoms. The third kappa shape index (κ3) is 1.07. The summed E-state index contributed by atoms with van der Waals surface area (Å²) in [5.74, 6) is 3.51. The van der Waals surface area contributed by atoms with Crippen molar-refractivity contribution in [2.45, 2.75) is 12.3 Å². The molecule has 0 saturated heterocycles. The van der Waals surface area contributed by atoms with E-state index in [0.29, 0.717) is 0 Å². The Morgan fingerprint density at radius 3 is 3.23 bits per heavy atom. The Morgan fingerprint density at radius 1 is 1.31 bits per heavy atom. The van der Waals surface area contributed by atoms with E-state index in [1.54, 1.807) is 0 Å². The van der Waals surface area contributed by atoms with Crippen molar-refractivity contribution >= 4 is 22.8 Å². The highest BCUT2D eigenvalue weighted by Crippen LogP contribution is 2.23. The lowest BCUT2D eigenvalue weighted by Crippen LogP contribution is -2.10. The number of aromatic nitrogens is 2. The van der Waals surface area contributed by atoms with Crippen LogP contribution in [0.2, 0.25) is 0 Å². The molecule has 0 aliphatic carbocycles. The molecule has 2 heterocycles. The molecule has 0 N–H and O–H groups in total. The van der Waals surface area contributed by atoms with Gasteiger partial charge in [-0.05, 0) is 12.1 Å². The van der Waals surface area contributed by atoms with E-state index in [1.807, 2.05) is 11.8 Å². The first kappa shape index (κ1) is 7.44. The zero-order valence-corrected chi connectivity index (χ0v) is 8.05. The topological polar surface area (TPSA) is 17.8 Å². The van der Waals surface area contributed by atoms with Gasteiger partial charge in [-0.15, -0.1) is 0 Å². The Labute approximate surface area is 81.0 Å². The van der Waals surface area contributed by atoms with Gasteiger partial charge in [0.2, 0.25) is 0 Å². The number of imidazole rings is 1. The fraction of sp³-hybridized carbons (Fsp3) is 0.300. The molecule has 0 atom stereocenters. The van der Waals surface area contributed by atoms with E-state index in [4.69, 9.17) is 0 Å². The fourth-order valence-corrected chi connectivity index (χ4v) is 2.66. The van der Waals surface area contributed by atoms with Crippen LogP contribution >= 0.6 is 11.8 Å². The van der Waals surface area contributed by atoms with E-state index >= 15 is 0 Å². The van der Waals surface area contributed by atoms with Crippen LogP contribution in [-0.2, 0) is 12.3 Å². The smallest absolute Gasteiger partial charge is 0.119 e. The van der Waals surface area contributed by atoms with Gasteiger partial charge in [0.05, 0.1) is 16.8 Å². The lowest BCUT2D eigenvalue weighted by molar-refractivity contribution is 0.740. The summed E-state index contributed by atoms with van der Waals surface area (Å²) in [5.41, 5.74) is 2.43. The van der Waals surface area contributed by atoms with E-state index < -0.39 is 0 Å². The van der Waals surface area contributed by atoms with Gasteiger partial charge in [0.1, 0.15) is 5.82 Å². The Balaban J connectivity index is 2.34. The molecule has 2 nitrogen and oxygen atoms in total. The second-order valence-corrected chi connectivity index (χ2v) is 4.33. The summed E-state index contributed by atoms with van der Waals surface area (Å²) >= 11 is 1.97. The molecular formula is C10H10N2S. The first-order valence-corrected chi connectivity index (χ1v) is 5.62. The monoisotopic (exact) mass is 190 g/mol. The van der Waals surface area contributed by atoms with Gasteiger partial charge in [0, 0.05) is 12.3 Å². The molecule has 3 heteroatoms. The number of fused-ring (bicyclic) bond motifs is 3. The molecular weight excluding hydrogens is 180 g/mol. The van der Waals surface area contributed by atoms with Gasteiger partial charge in [0.25, 0.3) is 0 Å². The SMILES string of the molecule is c1ccc2c(c1)nc1n2CCSC1. The van der Waals surface area contributed by atoms with Crippen LogP contribution in [0.15, 0.2) is 24.3 Å². The Kier molecular flexibility index (Phi) is 1.59. The number of nitrogens with zero attached hydrogens (tertiary/aromatic N) is 2. The molecule has 0 amide bonds. The zero-order chi connectivity index (χ0) is 8.67. The average molecular weight is 190 g/mol. The minimum Gasteiger partial charge on any atom is -0.326 e. The van der Waals surface area contributed by atoms with Crippen LogP contribution in [0.1, 0.15) is 5.82 Å². The molecule has 0 unspecified atom stereocenters. The summed E-state index contributed by atoms with van der Waals surface area (Å²) in [7, 11) is 0. The van der Waals surface area contributed by atoms with Crippen molar-refractivity contribution in [1.29, 1.82) is 0 Å². The number of aryl methyl sites for hydroxylation is 1. The number of hydrogen-bond acceptors (Lipinski definition) is 2. The maximum Gasteiger partial charge on any atom is 0.119 e. The third-order valence-corrected chi connectivity index (χ3v) is 3.36. The largest absolute Gasteiger partial charge is 0.326 e. The van der Waals surface area contributed by atoms with Crippen LogP contribution in [0, 0.1) is 0 Å². The molecule has 66 valence electrons. The van der Waals surface area contributed by atoms with Gasteiger partial charge >= 0.3 is 0 Å². The van der Waals surface area contributed by atoms with Crippen LogP contribution in [0.4, 0.5) is 0 Å². The van der Waals surface area contributed by atoms with Gasteiger partial charge < -0.3 is 4.57 Å². The van der Waals surface area contributed by atoms with Crippen LogP contribution in [0.25, 0.3) is 11.0 Å². The van der Waals surface area contributed by atoms with E-state index in [-0.39, 0.29) is 0 Å². The maximum atomic E-state index is 4.60. The summed E-state index contributed by atoms with van der Waals surface area (Å²) in [4.78, 5) is 4.60. The summed E-state index contributed by atoms with van der Waals surface area (Å²) in [6.45, 7) is 1.11. The molecule has 0 fully saturated rings. The van der Waals surface area contributed by atoms with E-state index in [0.717, 1.165) is 17.8 Å². The van der Waals surface area contributed by atoms with E-state index in [2.05, 4.69) is 33.8 Å². The standard InChI is InChI=1S/C10H10N2S/c1-2-4-9-8(3-1)11-10-7-13-6-5-12(9)10/h1-4H,5-7H2. The van der Waals surface area contributed by atoms with E-state index in [9.17, 15) is 0 Å².